The average Bonchev–Trinajstić information content (AvgIpc) is 2.06. The Balaban J connectivity index is 3.40. The number of rotatable bonds is 2. The Morgan fingerprint density at radius 1 is 1.41 bits per heavy atom. The van der Waals surface area contributed by atoms with Gasteiger partial charge in [0.15, 0.2) is 11.6 Å². The summed E-state index contributed by atoms with van der Waals surface area (Å²) in [6.45, 7) is 1.08. The van der Waals surface area contributed by atoms with Crippen molar-refractivity contribution in [2.45, 2.75) is 18.2 Å². The Morgan fingerprint density at radius 2 is 1.94 bits per heavy atom. The second-order valence-corrected chi connectivity index (χ2v) is 5.34. The van der Waals surface area contributed by atoms with Crippen LogP contribution in [-0.2, 0) is 9.05 Å². The van der Waals surface area contributed by atoms with E-state index in [0.717, 1.165) is 6.92 Å². The first-order valence-electron chi connectivity index (χ1n) is 3.88. The molecule has 0 aromatic carbocycles. The quantitative estimate of drug-likeness (QED) is 0.620. The van der Waals surface area contributed by atoms with Crippen LogP contribution in [0.4, 0.5) is 17.6 Å². The van der Waals surface area contributed by atoms with E-state index in [-0.39, 0.29) is 5.69 Å². The standard InChI is InChI=1S/C7H4ClF4NO3S/c1-3-6(17(8,14)15)5(9)4(2-13-3)16-7(10,11)12/h2H,1H3. The average molecular weight is 294 g/mol. The number of aromatic nitrogens is 1. The van der Waals surface area contributed by atoms with Crippen LogP contribution < -0.4 is 4.74 Å². The maximum Gasteiger partial charge on any atom is 0.573 e. The van der Waals surface area contributed by atoms with Crippen molar-refractivity contribution < 1.29 is 30.7 Å². The summed E-state index contributed by atoms with van der Waals surface area (Å²) >= 11 is 0. The summed E-state index contributed by atoms with van der Waals surface area (Å²) in [6, 6.07) is 0. The maximum absolute atomic E-state index is 13.4. The molecule has 0 atom stereocenters. The van der Waals surface area contributed by atoms with Gasteiger partial charge in [0.1, 0.15) is 4.90 Å². The Kier molecular flexibility index (Phi) is 3.53. The van der Waals surface area contributed by atoms with Crippen LogP contribution in [0.1, 0.15) is 5.69 Å². The topological polar surface area (TPSA) is 56.3 Å². The van der Waals surface area contributed by atoms with Crippen LogP contribution in [-0.4, -0.2) is 19.8 Å². The second-order valence-electron chi connectivity index (χ2n) is 2.84. The molecule has 1 rings (SSSR count). The molecule has 0 amide bonds. The summed E-state index contributed by atoms with van der Waals surface area (Å²) in [7, 11) is 0.313. The van der Waals surface area contributed by atoms with Crippen molar-refractivity contribution in [3.8, 4) is 5.75 Å². The lowest BCUT2D eigenvalue weighted by Crippen LogP contribution is -2.19. The number of halogens is 5. The first-order valence-corrected chi connectivity index (χ1v) is 6.19. The Morgan fingerprint density at radius 3 is 2.35 bits per heavy atom. The summed E-state index contributed by atoms with van der Waals surface area (Å²) in [4.78, 5) is 2.12. The van der Waals surface area contributed by atoms with Gasteiger partial charge in [-0.2, -0.15) is 0 Å². The highest BCUT2D eigenvalue weighted by molar-refractivity contribution is 8.13. The maximum atomic E-state index is 13.4. The number of alkyl halides is 3. The number of hydrogen-bond donors (Lipinski definition) is 0. The molecule has 0 spiro atoms. The molecule has 0 N–H and O–H groups in total. The number of hydrogen-bond acceptors (Lipinski definition) is 4. The highest BCUT2D eigenvalue weighted by Crippen LogP contribution is 2.31. The number of aryl methyl sites for hydroxylation is 1. The minimum atomic E-state index is -5.16. The van der Waals surface area contributed by atoms with Gasteiger partial charge in [-0.3, -0.25) is 4.98 Å². The summed E-state index contributed by atoms with van der Waals surface area (Å²) in [5.41, 5.74) is -0.368. The smallest absolute Gasteiger partial charge is 0.401 e. The van der Waals surface area contributed by atoms with Crippen molar-refractivity contribution in [3.63, 3.8) is 0 Å². The van der Waals surface area contributed by atoms with Crippen LogP contribution in [0.2, 0.25) is 0 Å². The van der Waals surface area contributed by atoms with Gasteiger partial charge in [-0.15, -0.1) is 13.2 Å². The monoisotopic (exact) mass is 293 g/mol. The first-order chi connectivity index (χ1) is 7.52. The van der Waals surface area contributed by atoms with E-state index in [1.165, 1.54) is 0 Å². The summed E-state index contributed by atoms with van der Waals surface area (Å²) < 4.78 is 74.1. The summed E-state index contributed by atoms with van der Waals surface area (Å²) in [5, 5.41) is 0. The molecular weight excluding hydrogens is 290 g/mol. The third-order valence-corrected chi connectivity index (χ3v) is 3.01. The Labute approximate surface area is 97.6 Å². The Bertz CT molecular complexity index is 543. The van der Waals surface area contributed by atoms with Gasteiger partial charge in [-0.25, -0.2) is 12.8 Å². The van der Waals surface area contributed by atoms with E-state index in [1.807, 2.05) is 0 Å². The first kappa shape index (κ1) is 14.0. The highest BCUT2D eigenvalue weighted by Gasteiger charge is 2.34. The Hall–Kier alpha value is -1.09. The van der Waals surface area contributed by atoms with Gasteiger partial charge in [-0.05, 0) is 6.92 Å². The normalized spacial score (nSPS) is 12.6. The lowest BCUT2D eigenvalue weighted by atomic mass is 10.3. The minimum Gasteiger partial charge on any atom is -0.401 e. The molecule has 0 bridgehead atoms. The molecule has 0 aliphatic rings. The lowest BCUT2D eigenvalue weighted by molar-refractivity contribution is -0.275. The number of pyridine rings is 1. The molecule has 96 valence electrons. The van der Waals surface area contributed by atoms with Crippen molar-refractivity contribution in [3.05, 3.63) is 17.7 Å². The van der Waals surface area contributed by atoms with Crippen LogP contribution in [0, 0.1) is 12.7 Å². The highest BCUT2D eigenvalue weighted by atomic mass is 35.7. The van der Waals surface area contributed by atoms with E-state index >= 15 is 0 Å². The van der Waals surface area contributed by atoms with E-state index in [9.17, 15) is 26.0 Å². The molecule has 10 heteroatoms. The van der Waals surface area contributed by atoms with Crippen LogP contribution in [0.5, 0.6) is 5.75 Å². The third kappa shape index (κ3) is 3.43. The van der Waals surface area contributed by atoms with E-state index in [4.69, 9.17) is 10.7 Å². The van der Waals surface area contributed by atoms with Gasteiger partial charge in [0.2, 0.25) is 0 Å². The molecule has 4 nitrogen and oxygen atoms in total. The van der Waals surface area contributed by atoms with Gasteiger partial charge in [-0.1, -0.05) is 0 Å². The van der Waals surface area contributed by atoms with Crippen molar-refractivity contribution in [2.75, 3.05) is 0 Å². The number of nitrogens with zero attached hydrogens (tertiary/aromatic N) is 1. The van der Waals surface area contributed by atoms with Crippen molar-refractivity contribution in [1.29, 1.82) is 0 Å². The minimum absolute atomic E-state index is 0.368. The molecule has 0 unspecified atom stereocenters. The second kappa shape index (κ2) is 4.30. The predicted octanol–water partition coefficient (Wildman–Crippen LogP) is 2.36. The zero-order chi connectivity index (χ0) is 13.4. The summed E-state index contributed by atoms with van der Waals surface area (Å²) in [5.74, 6) is -3.09. The molecule has 0 saturated carbocycles. The number of ether oxygens (including phenoxy) is 1. The van der Waals surface area contributed by atoms with Gasteiger partial charge in [0.05, 0.1) is 11.9 Å². The van der Waals surface area contributed by atoms with Crippen LogP contribution in [0.25, 0.3) is 0 Å². The van der Waals surface area contributed by atoms with Gasteiger partial charge in [0.25, 0.3) is 9.05 Å². The molecule has 0 aliphatic heterocycles. The third-order valence-electron chi connectivity index (χ3n) is 1.59. The van der Waals surface area contributed by atoms with Crippen molar-refractivity contribution in [2.24, 2.45) is 0 Å². The van der Waals surface area contributed by atoms with Crippen molar-refractivity contribution >= 4 is 19.7 Å². The molecular formula is C7H4ClF4NO3S. The molecule has 1 heterocycles. The molecule has 0 radical (unpaired) electrons. The largest absolute Gasteiger partial charge is 0.573 e. The van der Waals surface area contributed by atoms with Crippen molar-refractivity contribution in [1.82, 2.24) is 4.98 Å². The summed E-state index contributed by atoms with van der Waals surface area (Å²) in [6.07, 6.45) is -4.74. The zero-order valence-corrected chi connectivity index (χ0v) is 9.62. The fourth-order valence-corrected chi connectivity index (χ4v) is 2.28. The molecule has 0 aliphatic carbocycles. The van der Waals surface area contributed by atoms with E-state index in [0.29, 0.717) is 6.20 Å². The van der Waals surface area contributed by atoms with E-state index < -0.39 is 31.9 Å². The molecule has 1 aromatic rings. The van der Waals surface area contributed by atoms with Gasteiger partial charge < -0.3 is 4.74 Å². The molecule has 17 heavy (non-hydrogen) atoms. The fourth-order valence-electron chi connectivity index (χ4n) is 1.02. The van der Waals surface area contributed by atoms with E-state index in [1.54, 1.807) is 0 Å². The lowest BCUT2D eigenvalue weighted by Gasteiger charge is -2.11. The van der Waals surface area contributed by atoms with Crippen LogP contribution in [0.15, 0.2) is 11.1 Å². The zero-order valence-electron chi connectivity index (χ0n) is 8.05. The van der Waals surface area contributed by atoms with E-state index in [2.05, 4.69) is 9.72 Å². The van der Waals surface area contributed by atoms with Crippen LogP contribution in [0.3, 0.4) is 0 Å². The van der Waals surface area contributed by atoms with Gasteiger partial charge in [0, 0.05) is 10.7 Å². The SMILES string of the molecule is Cc1ncc(OC(F)(F)F)c(F)c1S(=O)(=O)Cl. The molecule has 1 aromatic heterocycles. The fraction of sp³-hybridized carbons (Fsp3) is 0.286. The van der Waals surface area contributed by atoms with Gasteiger partial charge >= 0.3 is 6.36 Å². The van der Waals surface area contributed by atoms with Crippen LogP contribution >= 0.6 is 10.7 Å². The molecule has 0 saturated heterocycles. The molecule has 0 fully saturated rings. The predicted molar refractivity (Wildman–Crippen MR) is 48.7 cm³/mol.